The molecule has 2 atom stereocenters. The second-order valence-corrected chi connectivity index (χ2v) is 6.36. The molecule has 1 spiro atoms. The Balaban J connectivity index is 1.74. The molecule has 2 fully saturated rings. The van der Waals surface area contributed by atoms with E-state index >= 15 is 0 Å². The van der Waals surface area contributed by atoms with Crippen molar-refractivity contribution in [2.45, 2.75) is 50.4 Å². The molecule has 2 saturated carbocycles. The molecular weight excluding hydrogens is 293 g/mol. The number of halogens is 3. The van der Waals surface area contributed by atoms with Crippen molar-refractivity contribution in [3.63, 3.8) is 0 Å². The van der Waals surface area contributed by atoms with Gasteiger partial charge in [0.1, 0.15) is 0 Å². The molecule has 2 unspecified atom stereocenters. The molecule has 3 rings (SSSR count). The monoisotopic (exact) mass is 310 g/mol. The van der Waals surface area contributed by atoms with Gasteiger partial charge in [0.05, 0.1) is 23.3 Å². The van der Waals surface area contributed by atoms with Gasteiger partial charge in [0.25, 0.3) is 0 Å². The number of alkyl halides is 3. The van der Waals surface area contributed by atoms with Crippen LogP contribution >= 0.6 is 0 Å². The van der Waals surface area contributed by atoms with Gasteiger partial charge in [0, 0.05) is 11.7 Å². The van der Waals surface area contributed by atoms with Crippen LogP contribution in [0.4, 0.5) is 18.9 Å². The first-order valence-electron chi connectivity index (χ1n) is 7.40. The van der Waals surface area contributed by atoms with Crippen molar-refractivity contribution in [3.8, 4) is 6.07 Å². The lowest BCUT2D eigenvalue weighted by atomic mass is 9.81. The van der Waals surface area contributed by atoms with Crippen LogP contribution in [0.25, 0.3) is 0 Å². The first kappa shape index (κ1) is 15.2. The smallest absolute Gasteiger partial charge is 0.392 e. The summed E-state index contributed by atoms with van der Waals surface area (Å²) in [5.41, 5.74) is -0.871. The van der Waals surface area contributed by atoms with E-state index in [9.17, 15) is 18.3 Å². The van der Waals surface area contributed by atoms with E-state index in [1.807, 2.05) is 0 Å². The fraction of sp³-hybridized carbons (Fsp3) is 0.562. The highest BCUT2D eigenvalue weighted by Crippen LogP contribution is 2.56. The number of aliphatic hydroxyl groups is 1. The van der Waals surface area contributed by atoms with Crippen molar-refractivity contribution in [1.82, 2.24) is 0 Å². The summed E-state index contributed by atoms with van der Waals surface area (Å²) in [7, 11) is 0. The van der Waals surface area contributed by atoms with Gasteiger partial charge in [-0.1, -0.05) is 0 Å². The molecule has 0 heterocycles. The lowest BCUT2D eigenvalue weighted by Crippen LogP contribution is -2.37. The first-order valence-corrected chi connectivity index (χ1v) is 7.40. The van der Waals surface area contributed by atoms with Crippen molar-refractivity contribution in [3.05, 3.63) is 29.3 Å². The zero-order chi connectivity index (χ0) is 16.0. The molecule has 1 aromatic carbocycles. The molecule has 2 aliphatic carbocycles. The van der Waals surface area contributed by atoms with Crippen LogP contribution in [-0.2, 0) is 6.18 Å². The molecular formula is C16H17F3N2O. The molecule has 0 aromatic heterocycles. The lowest BCUT2D eigenvalue weighted by Gasteiger charge is -2.34. The van der Waals surface area contributed by atoms with E-state index in [1.165, 1.54) is 12.1 Å². The molecule has 3 nitrogen and oxygen atoms in total. The molecule has 0 bridgehead atoms. The summed E-state index contributed by atoms with van der Waals surface area (Å²) in [6, 6.07) is 5.19. The fourth-order valence-electron chi connectivity index (χ4n) is 3.34. The van der Waals surface area contributed by atoms with E-state index in [1.54, 1.807) is 6.07 Å². The minimum Gasteiger partial charge on any atom is -0.392 e. The Labute approximate surface area is 126 Å². The summed E-state index contributed by atoms with van der Waals surface area (Å²) in [6.07, 6.45) is -0.508. The Kier molecular flexibility index (Phi) is 3.56. The van der Waals surface area contributed by atoms with Crippen LogP contribution in [0.3, 0.4) is 0 Å². The third kappa shape index (κ3) is 2.78. The minimum absolute atomic E-state index is 0.0322. The number of hydrogen-bond acceptors (Lipinski definition) is 3. The van der Waals surface area contributed by atoms with Gasteiger partial charge in [0.2, 0.25) is 0 Å². The summed E-state index contributed by atoms with van der Waals surface area (Å²) in [6.45, 7) is 0. The average molecular weight is 310 g/mol. The van der Waals surface area contributed by atoms with E-state index in [4.69, 9.17) is 5.26 Å². The summed E-state index contributed by atoms with van der Waals surface area (Å²) in [5, 5.41) is 22.0. The molecule has 6 heteroatoms. The second kappa shape index (κ2) is 5.17. The number of anilines is 1. The Bertz CT molecular complexity index is 617. The third-order valence-corrected chi connectivity index (χ3v) is 4.91. The molecule has 0 radical (unpaired) electrons. The van der Waals surface area contributed by atoms with Crippen LogP contribution in [0.5, 0.6) is 0 Å². The summed E-state index contributed by atoms with van der Waals surface area (Å²) in [4.78, 5) is 0. The molecule has 22 heavy (non-hydrogen) atoms. The maximum Gasteiger partial charge on any atom is 0.417 e. The SMILES string of the molecule is N#Cc1ccc(NC2CCC3(CC3)C(O)C2)cc1C(F)(F)F. The maximum atomic E-state index is 12.9. The van der Waals surface area contributed by atoms with Gasteiger partial charge in [-0.3, -0.25) is 0 Å². The Hall–Kier alpha value is -1.74. The summed E-state index contributed by atoms with van der Waals surface area (Å²) < 4.78 is 38.8. The van der Waals surface area contributed by atoms with E-state index in [0.717, 1.165) is 31.7 Å². The number of rotatable bonds is 2. The highest BCUT2D eigenvalue weighted by atomic mass is 19.4. The second-order valence-electron chi connectivity index (χ2n) is 6.36. The van der Waals surface area contributed by atoms with Gasteiger partial charge in [-0.15, -0.1) is 0 Å². The van der Waals surface area contributed by atoms with Crippen LogP contribution < -0.4 is 5.32 Å². The molecule has 2 N–H and O–H groups in total. The highest BCUT2D eigenvalue weighted by molar-refractivity contribution is 5.53. The minimum atomic E-state index is -4.55. The third-order valence-electron chi connectivity index (χ3n) is 4.91. The molecule has 1 aromatic rings. The number of benzene rings is 1. The Morgan fingerprint density at radius 2 is 2.00 bits per heavy atom. The van der Waals surface area contributed by atoms with Gasteiger partial charge in [-0.2, -0.15) is 18.4 Å². The zero-order valence-electron chi connectivity index (χ0n) is 12.0. The number of nitrogens with one attached hydrogen (secondary N) is 1. The van der Waals surface area contributed by atoms with Crippen molar-refractivity contribution < 1.29 is 18.3 Å². The molecule has 2 aliphatic rings. The standard InChI is InChI=1S/C16H17F3N2O/c17-16(18,19)13-7-11(2-1-10(13)9-20)21-12-3-4-15(5-6-15)14(22)8-12/h1-2,7,12,14,21-22H,3-6,8H2. The zero-order valence-corrected chi connectivity index (χ0v) is 12.0. The molecule has 118 valence electrons. The lowest BCUT2D eigenvalue weighted by molar-refractivity contribution is -0.137. The van der Waals surface area contributed by atoms with Crippen LogP contribution in [0.1, 0.15) is 43.2 Å². The Morgan fingerprint density at radius 3 is 2.55 bits per heavy atom. The largest absolute Gasteiger partial charge is 0.417 e. The van der Waals surface area contributed by atoms with Gasteiger partial charge < -0.3 is 10.4 Å². The quantitative estimate of drug-likeness (QED) is 0.876. The van der Waals surface area contributed by atoms with E-state index < -0.39 is 11.7 Å². The topological polar surface area (TPSA) is 56.0 Å². The fourth-order valence-corrected chi connectivity index (χ4v) is 3.34. The number of nitriles is 1. The van der Waals surface area contributed by atoms with Crippen molar-refractivity contribution in [2.75, 3.05) is 5.32 Å². The van der Waals surface area contributed by atoms with Crippen LogP contribution in [-0.4, -0.2) is 17.3 Å². The molecule has 0 aliphatic heterocycles. The average Bonchev–Trinajstić information content (AvgIpc) is 3.23. The predicted octanol–water partition coefficient (Wildman–Crippen LogP) is 3.68. The van der Waals surface area contributed by atoms with E-state index in [2.05, 4.69) is 5.32 Å². The van der Waals surface area contributed by atoms with Crippen LogP contribution in [0.15, 0.2) is 18.2 Å². The van der Waals surface area contributed by atoms with Crippen molar-refractivity contribution >= 4 is 5.69 Å². The molecule has 0 saturated heterocycles. The van der Waals surface area contributed by atoms with Crippen molar-refractivity contribution in [2.24, 2.45) is 5.41 Å². The van der Waals surface area contributed by atoms with Crippen molar-refractivity contribution in [1.29, 1.82) is 5.26 Å². The van der Waals surface area contributed by atoms with Crippen LogP contribution in [0, 0.1) is 16.7 Å². The van der Waals surface area contributed by atoms with Gasteiger partial charge >= 0.3 is 6.18 Å². The normalized spacial score (nSPS) is 26.5. The van der Waals surface area contributed by atoms with E-state index in [-0.39, 0.29) is 23.1 Å². The van der Waals surface area contributed by atoms with Crippen LogP contribution in [0.2, 0.25) is 0 Å². The maximum absolute atomic E-state index is 12.9. The summed E-state index contributed by atoms with van der Waals surface area (Å²) in [5.74, 6) is 0. The van der Waals surface area contributed by atoms with Gasteiger partial charge in [-0.25, -0.2) is 0 Å². The summed E-state index contributed by atoms with van der Waals surface area (Å²) >= 11 is 0. The Morgan fingerprint density at radius 1 is 1.27 bits per heavy atom. The number of aliphatic hydroxyl groups excluding tert-OH is 1. The predicted molar refractivity (Wildman–Crippen MR) is 75.1 cm³/mol. The highest BCUT2D eigenvalue weighted by Gasteiger charge is 2.51. The molecule has 0 amide bonds. The number of hydrogen-bond donors (Lipinski definition) is 2. The van der Waals surface area contributed by atoms with Gasteiger partial charge in [0.15, 0.2) is 0 Å². The van der Waals surface area contributed by atoms with Gasteiger partial charge in [-0.05, 0) is 55.7 Å². The first-order chi connectivity index (χ1) is 10.3. The number of nitrogens with zero attached hydrogens (tertiary/aromatic N) is 1. The van der Waals surface area contributed by atoms with E-state index in [0.29, 0.717) is 12.1 Å².